The van der Waals surface area contributed by atoms with Crippen molar-refractivity contribution in [2.24, 2.45) is 0 Å². The van der Waals surface area contributed by atoms with Gasteiger partial charge in [0.2, 0.25) is 5.88 Å². The highest BCUT2D eigenvalue weighted by Crippen LogP contribution is 2.32. The number of nitrogens with one attached hydrogen (secondary N) is 1. The molecule has 3 nitrogen and oxygen atoms in total. The van der Waals surface area contributed by atoms with E-state index in [1.807, 2.05) is 30.3 Å². The lowest BCUT2D eigenvalue weighted by Gasteiger charge is -2.09. The van der Waals surface area contributed by atoms with Crippen molar-refractivity contribution in [3.8, 4) is 11.6 Å². The Bertz CT molecular complexity index is 563. The average Bonchev–Trinajstić information content (AvgIpc) is 2.41. The summed E-state index contributed by atoms with van der Waals surface area (Å²) in [5.41, 5.74) is 1.03. The van der Waals surface area contributed by atoms with E-state index in [0.29, 0.717) is 16.7 Å². The van der Waals surface area contributed by atoms with Crippen LogP contribution in [-0.4, -0.2) is 11.5 Å². The minimum Gasteiger partial charge on any atom is -0.436 e. The summed E-state index contributed by atoms with van der Waals surface area (Å²) < 4.78 is 6.55. The molecule has 1 aromatic heterocycles. The number of hydrogen-bond donors (Lipinski definition) is 1. The van der Waals surface area contributed by atoms with Crippen molar-refractivity contribution in [1.82, 2.24) is 10.3 Å². The summed E-state index contributed by atoms with van der Waals surface area (Å²) in [6.45, 7) is 3.71. The number of pyridine rings is 1. The fourth-order valence-electron chi connectivity index (χ4n) is 1.54. The van der Waals surface area contributed by atoms with Gasteiger partial charge in [0.05, 0.1) is 4.47 Å². The van der Waals surface area contributed by atoms with E-state index in [2.05, 4.69) is 33.2 Å². The van der Waals surface area contributed by atoms with E-state index in [-0.39, 0.29) is 0 Å². The molecule has 0 amide bonds. The quantitative estimate of drug-likeness (QED) is 0.875. The third-order valence-electron chi connectivity index (χ3n) is 2.49. The minimum absolute atomic E-state index is 0.411. The maximum atomic E-state index is 6.18. The predicted octanol–water partition coefficient (Wildman–Crippen LogP) is 4.40. The van der Waals surface area contributed by atoms with Gasteiger partial charge in [-0.2, -0.15) is 0 Å². The summed E-state index contributed by atoms with van der Waals surface area (Å²) in [5.74, 6) is 1.10. The Morgan fingerprint density at radius 1 is 1.37 bits per heavy atom. The largest absolute Gasteiger partial charge is 0.436 e. The number of rotatable bonds is 5. The number of ether oxygens (including phenoxy) is 1. The van der Waals surface area contributed by atoms with Crippen LogP contribution in [0.1, 0.15) is 12.5 Å². The Labute approximate surface area is 126 Å². The first-order valence-corrected chi connectivity index (χ1v) is 7.15. The molecule has 19 heavy (non-hydrogen) atoms. The normalized spacial score (nSPS) is 10.5. The lowest BCUT2D eigenvalue weighted by molar-refractivity contribution is 0.460. The molecule has 1 aromatic carbocycles. The first kappa shape index (κ1) is 14.3. The van der Waals surface area contributed by atoms with Crippen LogP contribution < -0.4 is 10.1 Å². The molecular weight excluding hydrogens is 328 g/mol. The van der Waals surface area contributed by atoms with E-state index in [4.69, 9.17) is 16.3 Å². The van der Waals surface area contributed by atoms with Crippen LogP contribution in [0.3, 0.4) is 0 Å². The zero-order valence-electron chi connectivity index (χ0n) is 10.5. The molecule has 0 fully saturated rings. The average molecular weight is 342 g/mol. The molecule has 0 aliphatic carbocycles. The van der Waals surface area contributed by atoms with Crippen LogP contribution >= 0.6 is 27.5 Å². The van der Waals surface area contributed by atoms with Crippen molar-refractivity contribution in [3.63, 3.8) is 0 Å². The van der Waals surface area contributed by atoms with Gasteiger partial charge >= 0.3 is 0 Å². The smallest absolute Gasteiger partial charge is 0.238 e. The van der Waals surface area contributed by atoms with Crippen LogP contribution in [-0.2, 0) is 6.54 Å². The number of nitrogens with zero attached hydrogens (tertiary/aromatic N) is 1. The maximum absolute atomic E-state index is 6.18. The molecule has 2 rings (SSSR count). The highest BCUT2D eigenvalue weighted by atomic mass is 79.9. The molecule has 0 saturated carbocycles. The maximum Gasteiger partial charge on any atom is 0.238 e. The standard InChI is InChI=1S/C14H14BrClN2O/c1-2-17-8-10-7-12(16)14(18-9-10)19-13-6-4-3-5-11(13)15/h3-7,9,17H,2,8H2,1H3. The first-order chi connectivity index (χ1) is 9.20. The van der Waals surface area contributed by atoms with E-state index >= 15 is 0 Å². The number of hydrogen-bond acceptors (Lipinski definition) is 3. The zero-order valence-corrected chi connectivity index (χ0v) is 12.8. The van der Waals surface area contributed by atoms with Crippen LogP contribution in [0.5, 0.6) is 11.6 Å². The van der Waals surface area contributed by atoms with Gasteiger partial charge in [-0.05, 0) is 46.2 Å². The van der Waals surface area contributed by atoms with Crippen molar-refractivity contribution in [2.45, 2.75) is 13.5 Å². The summed E-state index contributed by atoms with van der Waals surface area (Å²) in [6, 6.07) is 9.44. The topological polar surface area (TPSA) is 34.2 Å². The van der Waals surface area contributed by atoms with E-state index in [9.17, 15) is 0 Å². The van der Waals surface area contributed by atoms with Gasteiger partial charge in [-0.25, -0.2) is 4.98 Å². The Morgan fingerprint density at radius 3 is 2.84 bits per heavy atom. The van der Waals surface area contributed by atoms with Crippen LogP contribution in [0.4, 0.5) is 0 Å². The van der Waals surface area contributed by atoms with Crippen molar-refractivity contribution >= 4 is 27.5 Å². The number of benzene rings is 1. The molecule has 0 aliphatic rings. The van der Waals surface area contributed by atoms with Gasteiger partial charge in [-0.3, -0.25) is 0 Å². The Balaban J connectivity index is 2.15. The van der Waals surface area contributed by atoms with Crippen LogP contribution in [0.25, 0.3) is 0 Å². The Morgan fingerprint density at radius 2 is 2.16 bits per heavy atom. The highest BCUT2D eigenvalue weighted by Gasteiger charge is 2.08. The second-order valence-corrected chi connectivity index (χ2v) is 5.20. The van der Waals surface area contributed by atoms with Crippen molar-refractivity contribution in [3.05, 3.63) is 51.6 Å². The molecule has 1 heterocycles. The van der Waals surface area contributed by atoms with Gasteiger partial charge in [0.15, 0.2) is 0 Å². The molecule has 0 atom stereocenters. The van der Waals surface area contributed by atoms with Gasteiger partial charge in [0, 0.05) is 12.7 Å². The van der Waals surface area contributed by atoms with Crippen LogP contribution in [0.15, 0.2) is 41.0 Å². The second-order valence-electron chi connectivity index (χ2n) is 3.94. The molecule has 0 bridgehead atoms. The molecule has 0 spiro atoms. The number of aromatic nitrogens is 1. The third-order valence-corrected chi connectivity index (χ3v) is 3.41. The van der Waals surface area contributed by atoms with Crippen molar-refractivity contribution < 1.29 is 4.74 Å². The van der Waals surface area contributed by atoms with Crippen molar-refractivity contribution in [1.29, 1.82) is 0 Å². The Kier molecular flexibility index (Phi) is 5.19. The number of para-hydroxylation sites is 1. The summed E-state index contributed by atoms with van der Waals surface area (Å²) in [6.07, 6.45) is 1.76. The van der Waals surface area contributed by atoms with Crippen LogP contribution in [0, 0.1) is 0 Å². The van der Waals surface area contributed by atoms with Gasteiger partial charge in [0.1, 0.15) is 10.8 Å². The van der Waals surface area contributed by atoms with Gasteiger partial charge in [-0.15, -0.1) is 0 Å². The number of halogens is 2. The van der Waals surface area contributed by atoms with E-state index in [1.165, 1.54) is 0 Å². The fourth-order valence-corrected chi connectivity index (χ4v) is 2.13. The molecule has 0 unspecified atom stereocenters. The second kappa shape index (κ2) is 6.89. The van der Waals surface area contributed by atoms with Gasteiger partial charge in [-0.1, -0.05) is 30.7 Å². The zero-order chi connectivity index (χ0) is 13.7. The van der Waals surface area contributed by atoms with Gasteiger partial charge < -0.3 is 10.1 Å². The molecule has 5 heteroatoms. The minimum atomic E-state index is 0.411. The summed E-state index contributed by atoms with van der Waals surface area (Å²) >= 11 is 9.60. The lowest BCUT2D eigenvalue weighted by atomic mass is 10.3. The molecule has 2 aromatic rings. The van der Waals surface area contributed by atoms with E-state index in [0.717, 1.165) is 23.1 Å². The SMILES string of the molecule is CCNCc1cnc(Oc2ccccc2Br)c(Cl)c1. The molecular formula is C14H14BrClN2O. The monoisotopic (exact) mass is 340 g/mol. The third kappa shape index (κ3) is 3.93. The predicted molar refractivity (Wildman–Crippen MR) is 80.8 cm³/mol. The van der Waals surface area contributed by atoms with E-state index < -0.39 is 0 Å². The lowest BCUT2D eigenvalue weighted by Crippen LogP contribution is -2.11. The summed E-state index contributed by atoms with van der Waals surface area (Å²) in [5, 5.41) is 3.73. The molecule has 0 saturated heterocycles. The molecule has 0 radical (unpaired) electrons. The van der Waals surface area contributed by atoms with Gasteiger partial charge in [0.25, 0.3) is 0 Å². The Hall–Kier alpha value is -1.10. The molecule has 0 aliphatic heterocycles. The molecule has 1 N–H and O–H groups in total. The fraction of sp³-hybridized carbons (Fsp3) is 0.214. The summed E-state index contributed by atoms with van der Waals surface area (Å²) in [7, 11) is 0. The van der Waals surface area contributed by atoms with Crippen molar-refractivity contribution in [2.75, 3.05) is 6.54 Å². The highest BCUT2D eigenvalue weighted by molar-refractivity contribution is 9.10. The van der Waals surface area contributed by atoms with Crippen LogP contribution in [0.2, 0.25) is 5.02 Å². The molecule has 100 valence electrons. The summed E-state index contributed by atoms with van der Waals surface area (Å²) in [4.78, 5) is 4.25. The van der Waals surface area contributed by atoms with E-state index in [1.54, 1.807) is 6.20 Å². The first-order valence-electron chi connectivity index (χ1n) is 5.98.